The van der Waals surface area contributed by atoms with Crippen molar-refractivity contribution in [3.05, 3.63) is 387 Å². The third-order valence-electron chi connectivity index (χ3n) is 17.5. The molecule has 0 spiro atoms. The van der Waals surface area contributed by atoms with Gasteiger partial charge < -0.3 is 19.6 Å². The highest BCUT2D eigenvalue weighted by Gasteiger charge is 2.31. The lowest BCUT2D eigenvalue weighted by atomic mass is 9.89. The fourth-order valence-electron chi connectivity index (χ4n) is 13.3. The Morgan fingerprint density at radius 3 is 0.656 bits per heavy atom. The molecule has 6 heteroatoms. The Morgan fingerprint density at radius 2 is 0.409 bits per heavy atom. The van der Waals surface area contributed by atoms with Gasteiger partial charge >= 0.3 is 0 Å². The molecule has 2 heterocycles. The third-order valence-corrected chi connectivity index (χ3v) is 19.8. The minimum Gasteiger partial charge on any atom is -0.310 e. The summed E-state index contributed by atoms with van der Waals surface area (Å²) in [6.45, 7) is 0. The lowest BCUT2D eigenvalue weighted by Crippen LogP contribution is -2.13. The summed E-state index contributed by atoms with van der Waals surface area (Å²) in [4.78, 5) is 14.3. The number of hydrogen-bond acceptors (Lipinski definition) is 6. The van der Waals surface area contributed by atoms with E-state index in [4.69, 9.17) is 0 Å². The molecule has 0 atom stereocenters. The standard InChI is InChI=1S/C87H62N4S2/c1-10-28-62(29-11-1)87-79-48-46-63(83-50-52-85(92-83)65-54-75(88(67-30-12-2-13-31-67)68-32-14-3-15-33-68)60-76(55-65)89(69-34-16-4-17-35-69)70-36-18-5-19-37-70)58-81(79)82-59-64(47-49-80(82)87)84-51-53-86(93-84)66-56-77(90(71-38-20-6-21-39-71)72-40-22-7-23-41-72)61-78(57-66)91(73-42-24-8-25-43-73)74-44-26-9-27-45-74/h1-61,87H. The summed E-state index contributed by atoms with van der Waals surface area (Å²) in [7, 11) is 0. The number of thiophene rings is 2. The van der Waals surface area contributed by atoms with Crippen LogP contribution in [0.25, 0.3) is 52.9 Å². The van der Waals surface area contributed by atoms with E-state index in [1.54, 1.807) is 0 Å². The predicted octanol–water partition coefficient (Wildman–Crippen LogP) is 25.5. The highest BCUT2D eigenvalue weighted by molar-refractivity contribution is 7.19. The number of fused-ring (bicyclic) bond motifs is 3. The van der Waals surface area contributed by atoms with Gasteiger partial charge in [0.1, 0.15) is 0 Å². The maximum absolute atomic E-state index is 2.46. The molecule has 2 aromatic heterocycles. The first-order valence-electron chi connectivity index (χ1n) is 31.6. The topological polar surface area (TPSA) is 13.0 Å². The van der Waals surface area contributed by atoms with E-state index in [1.807, 2.05) is 22.7 Å². The first kappa shape index (κ1) is 56.7. The molecular weight excluding hydrogens is 1170 g/mol. The molecule has 0 bridgehead atoms. The summed E-state index contributed by atoms with van der Waals surface area (Å²) in [5.41, 5.74) is 24.1. The van der Waals surface area contributed by atoms with Crippen molar-refractivity contribution >= 4 is 90.9 Å². The molecule has 442 valence electrons. The Bertz CT molecular complexity index is 4360. The van der Waals surface area contributed by atoms with Crippen molar-refractivity contribution in [3.63, 3.8) is 0 Å². The number of rotatable bonds is 17. The molecule has 0 fully saturated rings. The summed E-state index contributed by atoms with van der Waals surface area (Å²) in [5.74, 6) is 0.100. The quantitative estimate of drug-likeness (QED) is 0.0901. The maximum Gasteiger partial charge on any atom is 0.0488 e. The molecule has 0 saturated heterocycles. The monoisotopic (exact) mass is 1230 g/mol. The van der Waals surface area contributed by atoms with Crippen LogP contribution in [0.3, 0.4) is 0 Å². The number of para-hydroxylation sites is 8. The Balaban J connectivity index is 0.800. The Kier molecular flexibility index (Phi) is 15.5. The molecule has 0 aliphatic heterocycles. The Hall–Kier alpha value is -11.5. The van der Waals surface area contributed by atoms with Gasteiger partial charge in [-0.25, -0.2) is 0 Å². The van der Waals surface area contributed by atoms with E-state index in [2.05, 4.69) is 390 Å². The maximum atomic E-state index is 2.46. The van der Waals surface area contributed by atoms with Crippen LogP contribution in [0.15, 0.2) is 370 Å². The van der Waals surface area contributed by atoms with Crippen LogP contribution in [0.2, 0.25) is 0 Å². The normalized spacial score (nSPS) is 11.6. The first-order valence-corrected chi connectivity index (χ1v) is 33.2. The molecule has 16 rings (SSSR count). The van der Waals surface area contributed by atoms with Gasteiger partial charge in [0.2, 0.25) is 0 Å². The fourth-order valence-corrected chi connectivity index (χ4v) is 15.2. The molecule has 1 aliphatic carbocycles. The van der Waals surface area contributed by atoms with E-state index in [0.29, 0.717) is 0 Å². The summed E-state index contributed by atoms with van der Waals surface area (Å²) < 4.78 is 0. The van der Waals surface area contributed by atoms with E-state index in [0.717, 1.165) is 79.4 Å². The largest absolute Gasteiger partial charge is 0.310 e. The lowest BCUT2D eigenvalue weighted by Gasteiger charge is -2.30. The van der Waals surface area contributed by atoms with Crippen LogP contribution in [-0.4, -0.2) is 0 Å². The lowest BCUT2D eigenvalue weighted by molar-refractivity contribution is 1.02. The molecule has 4 nitrogen and oxygen atoms in total. The molecule has 15 aromatic rings. The zero-order valence-corrected chi connectivity index (χ0v) is 52.5. The van der Waals surface area contributed by atoms with E-state index in [1.165, 1.54) is 58.5 Å². The van der Waals surface area contributed by atoms with Crippen LogP contribution in [0.5, 0.6) is 0 Å². The van der Waals surface area contributed by atoms with Gasteiger partial charge in [-0.15, -0.1) is 22.7 Å². The van der Waals surface area contributed by atoms with Gasteiger partial charge in [-0.1, -0.05) is 200 Å². The second-order valence-corrected chi connectivity index (χ2v) is 25.4. The molecule has 13 aromatic carbocycles. The van der Waals surface area contributed by atoms with Crippen LogP contribution in [0.1, 0.15) is 22.6 Å². The van der Waals surface area contributed by atoms with Crippen molar-refractivity contribution in [3.8, 4) is 52.9 Å². The predicted molar refractivity (Wildman–Crippen MR) is 395 cm³/mol. The SMILES string of the molecule is c1ccc(C2c3ccc(-c4ccc(-c5cc(N(c6ccccc6)c6ccccc6)cc(N(c6ccccc6)c6ccccc6)c5)s4)cc3-c3cc(-c4ccc(-c5cc(N(c6ccccc6)c6ccccc6)cc(N(c6ccccc6)c6ccccc6)c5)s4)ccc32)cc1. The van der Waals surface area contributed by atoms with Gasteiger partial charge in [0.25, 0.3) is 0 Å². The molecule has 1 aliphatic rings. The molecule has 0 amide bonds. The Morgan fingerprint density at radius 1 is 0.183 bits per heavy atom. The van der Waals surface area contributed by atoms with Crippen molar-refractivity contribution in [2.45, 2.75) is 5.92 Å². The van der Waals surface area contributed by atoms with Crippen molar-refractivity contribution in [1.29, 1.82) is 0 Å². The number of anilines is 12. The molecule has 0 radical (unpaired) electrons. The molecule has 0 saturated carbocycles. The van der Waals surface area contributed by atoms with E-state index in [-0.39, 0.29) is 5.92 Å². The smallest absolute Gasteiger partial charge is 0.0488 e. The van der Waals surface area contributed by atoms with Crippen molar-refractivity contribution in [2.24, 2.45) is 0 Å². The molecule has 0 N–H and O–H groups in total. The summed E-state index contributed by atoms with van der Waals surface area (Å²) >= 11 is 3.69. The minimum absolute atomic E-state index is 0.100. The summed E-state index contributed by atoms with van der Waals surface area (Å²) in [6, 6.07) is 134. The van der Waals surface area contributed by atoms with E-state index >= 15 is 0 Å². The van der Waals surface area contributed by atoms with Gasteiger partial charge in [0, 0.05) is 93.7 Å². The highest BCUT2D eigenvalue weighted by Crippen LogP contribution is 2.53. The van der Waals surface area contributed by atoms with Crippen LogP contribution in [0.4, 0.5) is 68.2 Å². The zero-order chi connectivity index (χ0) is 61.9. The van der Waals surface area contributed by atoms with Gasteiger partial charge in [0.15, 0.2) is 0 Å². The Labute approximate surface area is 552 Å². The summed E-state index contributed by atoms with van der Waals surface area (Å²) in [6.07, 6.45) is 0. The highest BCUT2D eigenvalue weighted by atomic mass is 32.1. The fraction of sp³-hybridized carbons (Fsp3) is 0.0115. The second-order valence-electron chi connectivity index (χ2n) is 23.3. The van der Waals surface area contributed by atoms with E-state index in [9.17, 15) is 0 Å². The molecule has 93 heavy (non-hydrogen) atoms. The van der Waals surface area contributed by atoms with Gasteiger partial charge in [-0.05, 0) is 220 Å². The van der Waals surface area contributed by atoms with Crippen molar-refractivity contribution in [2.75, 3.05) is 19.6 Å². The molecule has 0 unspecified atom stereocenters. The van der Waals surface area contributed by atoms with Crippen molar-refractivity contribution < 1.29 is 0 Å². The average molecular weight is 1230 g/mol. The number of hydrogen-bond donors (Lipinski definition) is 0. The van der Waals surface area contributed by atoms with E-state index < -0.39 is 0 Å². The second kappa shape index (κ2) is 25.4. The number of nitrogens with zero attached hydrogens (tertiary/aromatic N) is 4. The van der Waals surface area contributed by atoms with Gasteiger partial charge in [-0.2, -0.15) is 0 Å². The van der Waals surface area contributed by atoms with Crippen LogP contribution >= 0.6 is 22.7 Å². The van der Waals surface area contributed by atoms with Crippen LogP contribution < -0.4 is 19.6 Å². The van der Waals surface area contributed by atoms with Gasteiger partial charge in [0.05, 0.1) is 0 Å². The average Bonchev–Trinajstić information content (AvgIpc) is 1.63. The minimum atomic E-state index is 0.100. The molecular formula is C87H62N4S2. The van der Waals surface area contributed by atoms with Crippen LogP contribution in [-0.2, 0) is 0 Å². The number of benzene rings is 13. The van der Waals surface area contributed by atoms with Gasteiger partial charge in [-0.3, -0.25) is 0 Å². The van der Waals surface area contributed by atoms with Crippen molar-refractivity contribution in [1.82, 2.24) is 0 Å². The van der Waals surface area contributed by atoms with Crippen LogP contribution in [0, 0.1) is 0 Å². The third kappa shape index (κ3) is 11.4. The summed E-state index contributed by atoms with van der Waals surface area (Å²) in [5, 5.41) is 0. The zero-order valence-electron chi connectivity index (χ0n) is 50.9. The first-order chi connectivity index (χ1) is 46.1.